The number of allylic oxidation sites excluding steroid dienone is 3. The van der Waals surface area contributed by atoms with Gasteiger partial charge in [-0.1, -0.05) is 24.3 Å². The smallest absolute Gasteiger partial charge is 0.273 e. The fourth-order valence-electron chi connectivity index (χ4n) is 1.79. The Balaban J connectivity index is 1.89. The number of carbonyl (C=O) groups excluding carboxylic acids is 1. The average molecular weight is 244 g/mol. The molecule has 0 spiro atoms. The molecule has 0 fully saturated rings. The summed E-state index contributed by atoms with van der Waals surface area (Å²) in [5.74, 6) is -0.374. The molecular formula is C14H16N2O2. The molecule has 0 saturated heterocycles. The van der Waals surface area contributed by atoms with Gasteiger partial charge in [0.05, 0.1) is 5.56 Å². The number of hydrazine groups is 1. The van der Waals surface area contributed by atoms with Crippen LogP contribution >= 0.6 is 0 Å². The Morgan fingerprint density at radius 1 is 1.28 bits per heavy atom. The van der Waals surface area contributed by atoms with Crippen LogP contribution in [-0.4, -0.2) is 11.0 Å². The van der Waals surface area contributed by atoms with Gasteiger partial charge in [-0.2, -0.15) is 0 Å². The Morgan fingerprint density at radius 2 is 2.11 bits per heavy atom. The minimum absolute atomic E-state index is 0.0231. The standard InChI is InChI=1S/C14H16N2O2/c17-13-9-5-4-8-12(13)14(18)16-15-10-11-6-2-1-3-7-11/h1-2,4-5,8-10,15,17H,3,6-7H2,(H,16,18)/b11-10+. The molecule has 1 aromatic rings. The van der Waals surface area contributed by atoms with Crippen molar-refractivity contribution in [3.8, 4) is 5.75 Å². The molecule has 1 amide bonds. The molecule has 0 radical (unpaired) electrons. The number of phenolic OH excluding ortho intramolecular Hbond substituents is 1. The van der Waals surface area contributed by atoms with Gasteiger partial charge in [0.15, 0.2) is 0 Å². The highest BCUT2D eigenvalue weighted by atomic mass is 16.3. The maximum Gasteiger partial charge on any atom is 0.273 e. The third kappa shape index (κ3) is 3.13. The quantitative estimate of drug-likeness (QED) is 0.564. The van der Waals surface area contributed by atoms with Gasteiger partial charge in [0, 0.05) is 6.20 Å². The maximum absolute atomic E-state index is 11.7. The summed E-state index contributed by atoms with van der Waals surface area (Å²) in [6.07, 6.45) is 9.04. The van der Waals surface area contributed by atoms with Gasteiger partial charge in [-0.25, -0.2) is 0 Å². The van der Waals surface area contributed by atoms with Gasteiger partial charge in [-0.3, -0.25) is 10.2 Å². The third-order valence-electron chi connectivity index (χ3n) is 2.79. The van der Waals surface area contributed by atoms with Crippen molar-refractivity contribution >= 4 is 5.91 Å². The fraction of sp³-hybridized carbons (Fsp3) is 0.214. The van der Waals surface area contributed by atoms with Crippen LogP contribution in [0.2, 0.25) is 0 Å². The molecule has 4 heteroatoms. The van der Waals surface area contributed by atoms with Crippen LogP contribution in [0.3, 0.4) is 0 Å². The number of benzene rings is 1. The highest BCUT2D eigenvalue weighted by Gasteiger charge is 2.08. The number of amides is 1. The second kappa shape index (κ2) is 5.91. The molecular weight excluding hydrogens is 228 g/mol. The van der Waals surface area contributed by atoms with Crippen molar-refractivity contribution in [2.45, 2.75) is 19.3 Å². The molecule has 0 aromatic heterocycles. The van der Waals surface area contributed by atoms with Crippen LogP contribution in [-0.2, 0) is 0 Å². The lowest BCUT2D eigenvalue weighted by molar-refractivity contribution is 0.0938. The van der Waals surface area contributed by atoms with Crippen LogP contribution in [0.4, 0.5) is 0 Å². The average Bonchev–Trinajstić information content (AvgIpc) is 2.40. The molecule has 1 aliphatic carbocycles. The van der Waals surface area contributed by atoms with E-state index in [2.05, 4.69) is 23.0 Å². The summed E-state index contributed by atoms with van der Waals surface area (Å²) >= 11 is 0. The van der Waals surface area contributed by atoms with E-state index in [1.807, 2.05) is 0 Å². The Labute approximate surface area is 106 Å². The van der Waals surface area contributed by atoms with E-state index < -0.39 is 0 Å². The number of hydrogen-bond donors (Lipinski definition) is 3. The van der Waals surface area contributed by atoms with Crippen LogP contribution < -0.4 is 10.9 Å². The summed E-state index contributed by atoms with van der Waals surface area (Å²) in [6, 6.07) is 6.44. The minimum atomic E-state index is -0.351. The molecule has 0 unspecified atom stereocenters. The van der Waals surface area contributed by atoms with Crippen LogP contribution in [0.1, 0.15) is 29.6 Å². The summed E-state index contributed by atoms with van der Waals surface area (Å²) in [5, 5.41) is 9.52. The number of phenols is 1. The SMILES string of the molecule is O=C(NN/C=C1\CC=CCC1)c1ccccc1O. The first kappa shape index (κ1) is 12.2. The number of aromatic hydroxyl groups is 1. The van der Waals surface area contributed by atoms with Crippen molar-refractivity contribution < 1.29 is 9.90 Å². The number of para-hydroxylation sites is 1. The predicted octanol–water partition coefficient (Wildman–Crippen LogP) is 2.25. The zero-order chi connectivity index (χ0) is 12.8. The monoisotopic (exact) mass is 244 g/mol. The zero-order valence-corrected chi connectivity index (χ0v) is 10.0. The molecule has 18 heavy (non-hydrogen) atoms. The Morgan fingerprint density at radius 3 is 2.83 bits per heavy atom. The van der Waals surface area contributed by atoms with Crippen molar-refractivity contribution in [1.82, 2.24) is 10.9 Å². The molecule has 94 valence electrons. The predicted molar refractivity (Wildman–Crippen MR) is 69.8 cm³/mol. The second-order valence-electron chi connectivity index (χ2n) is 4.13. The van der Waals surface area contributed by atoms with Crippen molar-refractivity contribution in [1.29, 1.82) is 0 Å². The normalized spacial score (nSPS) is 16.6. The zero-order valence-electron chi connectivity index (χ0n) is 10.0. The number of rotatable bonds is 3. The summed E-state index contributed by atoms with van der Waals surface area (Å²) in [7, 11) is 0. The maximum atomic E-state index is 11.7. The molecule has 0 aliphatic heterocycles. The van der Waals surface area contributed by atoms with Gasteiger partial charge >= 0.3 is 0 Å². The first-order valence-corrected chi connectivity index (χ1v) is 5.94. The molecule has 0 bridgehead atoms. The van der Waals surface area contributed by atoms with E-state index in [0.717, 1.165) is 19.3 Å². The van der Waals surface area contributed by atoms with Crippen molar-refractivity contribution in [3.63, 3.8) is 0 Å². The van der Waals surface area contributed by atoms with Crippen molar-refractivity contribution in [2.24, 2.45) is 0 Å². The van der Waals surface area contributed by atoms with Crippen LogP contribution in [0, 0.1) is 0 Å². The Kier molecular flexibility index (Phi) is 4.02. The van der Waals surface area contributed by atoms with E-state index in [-0.39, 0.29) is 17.2 Å². The van der Waals surface area contributed by atoms with E-state index in [9.17, 15) is 9.90 Å². The highest BCUT2D eigenvalue weighted by Crippen LogP contribution is 2.16. The van der Waals surface area contributed by atoms with Crippen molar-refractivity contribution in [3.05, 3.63) is 53.8 Å². The van der Waals surface area contributed by atoms with E-state index in [1.54, 1.807) is 24.4 Å². The van der Waals surface area contributed by atoms with E-state index in [1.165, 1.54) is 11.6 Å². The van der Waals surface area contributed by atoms with Gasteiger partial charge < -0.3 is 10.5 Å². The third-order valence-corrected chi connectivity index (χ3v) is 2.79. The lowest BCUT2D eigenvalue weighted by Gasteiger charge is -2.10. The van der Waals surface area contributed by atoms with E-state index in [4.69, 9.17) is 0 Å². The molecule has 0 saturated carbocycles. The lowest BCUT2D eigenvalue weighted by Crippen LogP contribution is -2.33. The molecule has 1 aliphatic rings. The van der Waals surface area contributed by atoms with E-state index >= 15 is 0 Å². The van der Waals surface area contributed by atoms with Gasteiger partial charge in [-0.15, -0.1) is 0 Å². The summed E-state index contributed by atoms with van der Waals surface area (Å²) in [4.78, 5) is 11.7. The van der Waals surface area contributed by atoms with E-state index in [0.29, 0.717) is 0 Å². The summed E-state index contributed by atoms with van der Waals surface area (Å²) in [5.41, 5.74) is 6.81. The highest BCUT2D eigenvalue weighted by molar-refractivity contribution is 5.96. The first-order valence-electron chi connectivity index (χ1n) is 5.94. The first-order chi connectivity index (χ1) is 8.77. The Bertz CT molecular complexity index is 492. The molecule has 4 nitrogen and oxygen atoms in total. The van der Waals surface area contributed by atoms with Gasteiger partial charge in [0.2, 0.25) is 0 Å². The molecule has 1 aromatic carbocycles. The molecule has 3 N–H and O–H groups in total. The Hall–Kier alpha value is -2.23. The van der Waals surface area contributed by atoms with Gasteiger partial charge in [0.1, 0.15) is 5.75 Å². The van der Waals surface area contributed by atoms with Gasteiger partial charge in [0.25, 0.3) is 5.91 Å². The number of nitrogens with one attached hydrogen (secondary N) is 2. The lowest BCUT2D eigenvalue weighted by atomic mass is 10.0. The second-order valence-corrected chi connectivity index (χ2v) is 4.13. The summed E-state index contributed by atoms with van der Waals surface area (Å²) < 4.78 is 0. The summed E-state index contributed by atoms with van der Waals surface area (Å²) in [6.45, 7) is 0. The largest absolute Gasteiger partial charge is 0.507 e. The topological polar surface area (TPSA) is 61.4 Å². The fourth-order valence-corrected chi connectivity index (χ4v) is 1.79. The molecule has 0 heterocycles. The van der Waals surface area contributed by atoms with Crippen molar-refractivity contribution in [2.75, 3.05) is 0 Å². The van der Waals surface area contributed by atoms with Crippen LogP contribution in [0.15, 0.2) is 48.2 Å². The van der Waals surface area contributed by atoms with Gasteiger partial charge in [-0.05, 0) is 37.0 Å². The van der Waals surface area contributed by atoms with Crippen LogP contribution in [0.5, 0.6) is 5.75 Å². The van der Waals surface area contributed by atoms with Crippen LogP contribution in [0.25, 0.3) is 0 Å². The number of carbonyl (C=O) groups is 1. The minimum Gasteiger partial charge on any atom is -0.507 e. The molecule has 0 atom stereocenters. The number of hydrogen-bond acceptors (Lipinski definition) is 3. The molecule has 2 rings (SSSR count).